The highest BCUT2D eigenvalue weighted by Gasteiger charge is 2.10. The standard InChI is InChI=1S/C22H14F3N/c1-2-4-14-11-20(23)19(21(24)12-14)10-7-15-5-3-6-18-17(15)9-8-16(13-26)22(18)25/h3,5-6,8-9,11-12H,2,4H2,1H3. The van der Waals surface area contributed by atoms with Crippen LogP contribution in [0.2, 0.25) is 0 Å². The molecule has 0 saturated carbocycles. The lowest BCUT2D eigenvalue weighted by Crippen LogP contribution is -1.95. The van der Waals surface area contributed by atoms with Gasteiger partial charge >= 0.3 is 0 Å². The van der Waals surface area contributed by atoms with Crippen LogP contribution in [-0.2, 0) is 6.42 Å². The van der Waals surface area contributed by atoms with Crippen molar-refractivity contribution in [3.05, 3.63) is 82.2 Å². The minimum atomic E-state index is -0.709. The van der Waals surface area contributed by atoms with E-state index in [0.717, 1.165) is 6.42 Å². The van der Waals surface area contributed by atoms with Crippen molar-refractivity contribution in [2.45, 2.75) is 19.8 Å². The molecule has 0 aromatic heterocycles. The van der Waals surface area contributed by atoms with Crippen molar-refractivity contribution in [3.63, 3.8) is 0 Å². The summed E-state index contributed by atoms with van der Waals surface area (Å²) in [5, 5.41) is 9.65. The highest BCUT2D eigenvalue weighted by atomic mass is 19.1. The van der Waals surface area contributed by atoms with Crippen LogP contribution in [0, 0.1) is 40.6 Å². The average Bonchev–Trinajstić information content (AvgIpc) is 2.62. The Balaban J connectivity index is 2.09. The van der Waals surface area contributed by atoms with Gasteiger partial charge in [-0.15, -0.1) is 0 Å². The minimum Gasteiger partial charge on any atom is -0.206 e. The van der Waals surface area contributed by atoms with Crippen LogP contribution in [0.5, 0.6) is 0 Å². The van der Waals surface area contributed by atoms with Crippen LogP contribution < -0.4 is 0 Å². The maximum atomic E-state index is 14.3. The van der Waals surface area contributed by atoms with E-state index in [0.29, 0.717) is 22.9 Å². The SMILES string of the molecule is CCCc1cc(F)c(C#Cc2cccc3c(F)c(C#N)ccc23)c(F)c1. The Morgan fingerprint density at radius 1 is 0.885 bits per heavy atom. The van der Waals surface area contributed by atoms with E-state index in [-0.39, 0.29) is 16.5 Å². The van der Waals surface area contributed by atoms with Crippen molar-refractivity contribution in [3.8, 4) is 17.9 Å². The van der Waals surface area contributed by atoms with Gasteiger partial charge in [0, 0.05) is 16.3 Å². The van der Waals surface area contributed by atoms with Crippen LogP contribution in [-0.4, -0.2) is 0 Å². The summed E-state index contributed by atoms with van der Waals surface area (Å²) in [6.45, 7) is 1.93. The Morgan fingerprint density at radius 2 is 1.62 bits per heavy atom. The van der Waals surface area contributed by atoms with E-state index in [2.05, 4.69) is 11.8 Å². The molecule has 0 spiro atoms. The molecule has 3 rings (SSSR count). The Kier molecular flexibility index (Phi) is 4.96. The lowest BCUT2D eigenvalue weighted by molar-refractivity contribution is 0.573. The fourth-order valence-electron chi connectivity index (χ4n) is 2.82. The number of fused-ring (bicyclic) bond motifs is 1. The average molecular weight is 349 g/mol. The number of benzene rings is 3. The molecular formula is C22H14F3N. The van der Waals surface area contributed by atoms with Gasteiger partial charge in [-0.1, -0.05) is 43.4 Å². The van der Waals surface area contributed by atoms with Gasteiger partial charge < -0.3 is 0 Å². The van der Waals surface area contributed by atoms with Gasteiger partial charge in [-0.3, -0.25) is 0 Å². The van der Waals surface area contributed by atoms with Crippen molar-refractivity contribution < 1.29 is 13.2 Å². The normalized spacial score (nSPS) is 10.3. The number of halogens is 3. The third-order valence-corrected chi connectivity index (χ3v) is 4.08. The fraction of sp³-hybridized carbons (Fsp3) is 0.136. The van der Waals surface area contributed by atoms with E-state index in [9.17, 15) is 13.2 Å². The van der Waals surface area contributed by atoms with Crippen LogP contribution in [0.15, 0.2) is 42.5 Å². The summed E-state index contributed by atoms with van der Waals surface area (Å²) in [7, 11) is 0. The summed E-state index contributed by atoms with van der Waals surface area (Å²) in [6.07, 6.45) is 1.38. The molecule has 0 amide bonds. The number of hydrogen-bond donors (Lipinski definition) is 0. The Hall–Kier alpha value is -3.24. The second-order valence-corrected chi connectivity index (χ2v) is 5.87. The fourth-order valence-corrected chi connectivity index (χ4v) is 2.82. The maximum Gasteiger partial charge on any atom is 0.148 e. The molecule has 3 aromatic carbocycles. The molecule has 128 valence electrons. The third kappa shape index (κ3) is 3.27. The topological polar surface area (TPSA) is 23.8 Å². The Morgan fingerprint density at radius 3 is 2.27 bits per heavy atom. The summed E-state index contributed by atoms with van der Waals surface area (Å²) in [6, 6.07) is 12.1. The Labute approximate surface area is 149 Å². The first-order valence-electron chi connectivity index (χ1n) is 8.16. The highest BCUT2D eigenvalue weighted by molar-refractivity contribution is 5.90. The van der Waals surface area contributed by atoms with E-state index in [1.165, 1.54) is 24.3 Å². The van der Waals surface area contributed by atoms with E-state index in [4.69, 9.17) is 5.26 Å². The number of nitriles is 1. The van der Waals surface area contributed by atoms with Crippen molar-refractivity contribution >= 4 is 10.8 Å². The van der Waals surface area contributed by atoms with E-state index in [1.54, 1.807) is 24.3 Å². The van der Waals surface area contributed by atoms with Gasteiger partial charge in [-0.2, -0.15) is 5.26 Å². The summed E-state index contributed by atoms with van der Waals surface area (Å²) in [5.41, 5.74) is 0.647. The number of rotatable bonds is 2. The molecule has 0 fully saturated rings. The predicted molar refractivity (Wildman–Crippen MR) is 95.0 cm³/mol. The van der Waals surface area contributed by atoms with Crippen molar-refractivity contribution in [1.29, 1.82) is 5.26 Å². The van der Waals surface area contributed by atoms with Crippen molar-refractivity contribution in [2.75, 3.05) is 0 Å². The lowest BCUT2D eigenvalue weighted by atomic mass is 10.0. The predicted octanol–water partition coefficient (Wildman–Crippen LogP) is 5.48. The van der Waals surface area contributed by atoms with Crippen molar-refractivity contribution in [2.24, 2.45) is 0 Å². The molecule has 0 atom stereocenters. The zero-order valence-corrected chi connectivity index (χ0v) is 14.0. The summed E-state index contributed by atoms with van der Waals surface area (Å²) >= 11 is 0. The molecule has 0 aliphatic carbocycles. The van der Waals surface area contributed by atoms with Crippen molar-refractivity contribution in [1.82, 2.24) is 0 Å². The van der Waals surface area contributed by atoms with Crippen LogP contribution in [0.3, 0.4) is 0 Å². The quantitative estimate of drug-likeness (QED) is 0.562. The van der Waals surface area contributed by atoms with Gasteiger partial charge in [0.05, 0.1) is 11.1 Å². The number of aryl methyl sites for hydroxylation is 1. The van der Waals surface area contributed by atoms with Gasteiger partial charge in [0.15, 0.2) is 0 Å². The largest absolute Gasteiger partial charge is 0.206 e. The first-order valence-corrected chi connectivity index (χ1v) is 8.16. The van der Waals surface area contributed by atoms with Crippen LogP contribution in [0.4, 0.5) is 13.2 Å². The molecule has 26 heavy (non-hydrogen) atoms. The lowest BCUT2D eigenvalue weighted by Gasteiger charge is -2.04. The molecule has 0 aliphatic heterocycles. The highest BCUT2D eigenvalue weighted by Crippen LogP contribution is 2.24. The van der Waals surface area contributed by atoms with E-state index < -0.39 is 17.5 Å². The van der Waals surface area contributed by atoms with Gasteiger partial charge in [-0.05, 0) is 36.2 Å². The summed E-state index contributed by atoms with van der Waals surface area (Å²) < 4.78 is 42.6. The molecule has 0 radical (unpaired) electrons. The monoisotopic (exact) mass is 349 g/mol. The smallest absolute Gasteiger partial charge is 0.148 e. The second-order valence-electron chi connectivity index (χ2n) is 5.87. The zero-order chi connectivity index (χ0) is 18.7. The van der Waals surface area contributed by atoms with E-state index >= 15 is 0 Å². The molecule has 0 N–H and O–H groups in total. The van der Waals surface area contributed by atoms with Crippen LogP contribution in [0.25, 0.3) is 10.8 Å². The molecule has 0 bridgehead atoms. The molecule has 0 saturated heterocycles. The molecule has 1 nitrogen and oxygen atoms in total. The third-order valence-electron chi connectivity index (χ3n) is 4.08. The Bertz CT molecular complexity index is 1080. The molecule has 4 heteroatoms. The number of hydrogen-bond acceptors (Lipinski definition) is 1. The van der Waals surface area contributed by atoms with Gasteiger partial charge in [0.1, 0.15) is 23.5 Å². The van der Waals surface area contributed by atoms with Crippen LogP contribution in [0.1, 0.15) is 35.6 Å². The van der Waals surface area contributed by atoms with Gasteiger partial charge in [0.2, 0.25) is 0 Å². The molecule has 0 heterocycles. The number of nitrogens with zero attached hydrogens (tertiary/aromatic N) is 1. The van der Waals surface area contributed by atoms with Crippen LogP contribution >= 0.6 is 0 Å². The maximum absolute atomic E-state index is 14.3. The summed E-state index contributed by atoms with van der Waals surface area (Å²) in [4.78, 5) is 0. The molecular weight excluding hydrogens is 335 g/mol. The zero-order valence-electron chi connectivity index (χ0n) is 14.0. The first-order chi connectivity index (χ1) is 12.5. The van der Waals surface area contributed by atoms with Gasteiger partial charge in [0.25, 0.3) is 0 Å². The first kappa shape index (κ1) is 17.6. The molecule has 0 unspecified atom stereocenters. The minimum absolute atomic E-state index is 0.0637. The summed E-state index contributed by atoms with van der Waals surface area (Å²) in [5.74, 6) is 3.19. The molecule has 0 aliphatic rings. The van der Waals surface area contributed by atoms with E-state index in [1.807, 2.05) is 6.92 Å². The van der Waals surface area contributed by atoms with Gasteiger partial charge in [-0.25, -0.2) is 13.2 Å². The molecule has 3 aromatic rings. The second kappa shape index (κ2) is 7.33.